The molecule has 4 aromatic rings. The van der Waals surface area contributed by atoms with Crippen LogP contribution in [0.3, 0.4) is 0 Å². The lowest BCUT2D eigenvalue weighted by Crippen LogP contribution is -2.40. The Bertz CT molecular complexity index is 1650. The Morgan fingerprint density at radius 2 is 1.78 bits per heavy atom. The molecule has 12 heteroatoms. The number of nitrogens with zero attached hydrogens (tertiary/aromatic N) is 3. The van der Waals surface area contributed by atoms with Crippen LogP contribution in [0.4, 0.5) is 5.69 Å². The predicted molar refractivity (Wildman–Crippen MR) is 157 cm³/mol. The van der Waals surface area contributed by atoms with E-state index in [4.69, 9.17) is 27.9 Å². The normalized spacial score (nSPS) is 15.0. The summed E-state index contributed by atoms with van der Waals surface area (Å²) in [5.74, 6) is 1.05. The second-order valence-electron chi connectivity index (χ2n) is 9.77. The standard InChI is InChI=1S/C29H28Cl2N4O5S/c1-34-17-14-32-28(34)27(36)19-12-15-35(16-13-19)29(37)23-18-20(30)6-11-25(23)33-41(38,39)22-9-7-21(8-10-22)40-26-5-3-2-4-24(26)31/h2-11,14,17-19,27,33,36H,12-13,15-16H2,1H3/t27-/m0/s1. The fraction of sp³-hybridized carbons (Fsp3) is 0.241. The van der Waals surface area contributed by atoms with Crippen LogP contribution in [0.15, 0.2) is 84.0 Å². The molecule has 1 aliphatic heterocycles. The number of aryl methyl sites for hydroxylation is 1. The average molecular weight is 616 g/mol. The Hall–Kier alpha value is -3.57. The van der Waals surface area contributed by atoms with Crippen molar-refractivity contribution in [2.45, 2.75) is 23.8 Å². The number of aliphatic hydroxyl groups excluding tert-OH is 1. The van der Waals surface area contributed by atoms with Gasteiger partial charge >= 0.3 is 0 Å². The first-order valence-corrected chi connectivity index (χ1v) is 15.2. The number of aliphatic hydroxyl groups is 1. The van der Waals surface area contributed by atoms with Gasteiger partial charge in [0.15, 0.2) is 0 Å². The molecule has 2 heterocycles. The molecule has 2 N–H and O–H groups in total. The number of para-hydroxylation sites is 1. The lowest BCUT2D eigenvalue weighted by atomic mass is 9.90. The summed E-state index contributed by atoms with van der Waals surface area (Å²) >= 11 is 12.3. The van der Waals surface area contributed by atoms with Crippen LogP contribution in [0.2, 0.25) is 10.0 Å². The number of anilines is 1. The highest BCUT2D eigenvalue weighted by molar-refractivity contribution is 7.92. The van der Waals surface area contributed by atoms with Gasteiger partial charge in [-0.3, -0.25) is 9.52 Å². The van der Waals surface area contributed by atoms with E-state index in [-0.39, 0.29) is 28.0 Å². The maximum absolute atomic E-state index is 13.5. The van der Waals surface area contributed by atoms with Gasteiger partial charge in [0.25, 0.3) is 15.9 Å². The van der Waals surface area contributed by atoms with Crippen LogP contribution in [0, 0.1) is 5.92 Å². The quantitative estimate of drug-likeness (QED) is 0.255. The number of carbonyl (C=O) groups is 1. The van der Waals surface area contributed by atoms with Crippen molar-refractivity contribution in [3.05, 3.63) is 101 Å². The van der Waals surface area contributed by atoms with E-state index < -0.39 is 16.1 Å². The number of benzene rings is 3. The Morgan fingerprint density at radius 1 is 1.07 bits per heavy atom. The number of halogens is 2. The molecule has 41 heavy (non-hydrogen) atoms. The zero-order valence-electron chi connectivity index (χ0n) is 22.1. The Labute approximate surface area is 248 Å². The van der Waals surface area contributed by atoms with Crippen LogP contribution in [0.5, 0.6) is 11.5 Å². The van der Waals surface area contributed by atoms with Crippen LogP contribution in [-0.4, -0.2) is 47.0 Å². The Morgan fingerprint density at radius 3 is 2.44 bits per heavy atom. The summed E-state index contributed by atoms with van der Waals surface area (Å²) < 4.78 is 36.6. The minimum Gasteiger partial charge on any atom is -0.456 e. The smallest absolute Gasteiger partial charge is 0.261 e. The van der Waals surface area contributed by atoms with Gasteiger partial charge in [0.1, 0.15) is 23.4 Å². The number of piperidine rings is 1. The summed E-state index contributed by atoms with van der Waals surface area (Å²) in [4.78, 5) is 19.4. The minimum absolute atomic E-state index is 0.0126. The van der Waals surface area contributed by atoms with E-state index in [1.165, 1.54) is 42.5 Å². The number of nitrogens with one attached hydrogen (secondary N) is 1. The third-order valence-electron chi connectivity index (χ3n) is 7.05. The monoisotopic (exact) mass is 614 g/mol. The first-order valence-electron chi connectivity index (χ1n) is 12.9. The van der Waals surface area contributed by atoms with E-state index in [2.05, 4.69) is 9.71 Å². The number of sulfonamides is 1. The van der Waals surface area contributed by atoms with Gasteiger partial charge in [-0.05, 0) is 73.4 Å². The van der Waals surface area contributed by atoms with Gasteiger partial charge in [-0.1, -0.05) is 35.3 Å². The van der Waals surface area contributed by atoms with Crippen LogP contribution in [-0.2, 0) is 17.1 Å². The van der Waals surface area contributed by atoms with E-state index in [0.717, 1.165) is 0 Å². The minimum atomic E-state index is -4.05. The molecule has 5 rings (SSSR count). The molecule has 214 valence electrons. The molecule has 9 nitrogen and oxygen atoms in total. The third-order valence-corrected chi connectivity index (χ3v) is 8.98. The summed E-state index contributed by atoms with van der Waals surface area (Å²) in [6.45, 7) is 0.799. The molecule has 0 bridgehead atoms. The number of aromatic nitrogens is 2. The summed E-state index contributed by atoms with van der Waals surface area (Å²) in [6, 6.07) is 17.3. The number of likely N-dealkylation sites (tertiary alicyclic amines) is 1. The van der Waals surface area contributed by atoms with Gasteiger partial charge in [-0.25, -0.2) is 13.4 Å². The van der Waals surface area contributed by atoms with Gasteiger partial charge in [0.05, 0.1) is 21.2 Å². The zero-order valence-corrected chi connectivity index (χ0v) is 24.4. The van der Waals surface area contributed by atoms with Crippen molar-refractivity contribution in [1.82, 2.24) is 14.5 Å². The van der Waals surface area contributed by atoms with Crippen LogP contribution >= 0.6 is 23.2 Å². The molecule has 0 unspecified atom stereocenters. The molecule has 3 aromatic carbocycles. The highest BCUT2D eigenvalue weighted by atomic mass is 35.5. The molecule has 0 saturated carbocycles. The second-order valence-corrected chi connectivity index (χ2v) is 12.3. The Balaban J connectivity index is 1.28. The predicted octanol–water partition coefficient (Wildman–Crippen LogP) is 5.91. The SMILES string of the molecule is Cn1ccnc1[C@@H](O)C1CCN(C(=O)c2cc(Cl)ccc2NS(=O)(=O)c2ccc(Oc3ccccc3Cl)cc2)CC1. The number of hydrogen-bond acceptors (Lipinski definition) is 6. The van der Waals surface area contributed by atoms with Gasteiger partial charge in [-0.2, -0.15) is 0 Å². The van der Waals surface area contributed by atoms with Gasteiger partial charge < -0.3 is 19.3 Å². The highest BCUT2D eigenvalue weighted by Gasteiger charge is 2.31. The van der Waals surface area contributed by atoms with Crippen molar-refractivity contribution in [2.75, 3.05) is 17.8 Å². The van der Waals surface area contributed by atoms with Gasteiger partial charge in [-0.15, -0.1) is 0 Å². The summed E-state index contributed by atoms with van der Waals surface area (Å²) in [5.41, 5.74) is 0.258. The van der Waals surface area contributed by atoms with Gasteiger partial charge in [0, 0.05) is 37.6 Å². The topological polar surface area (TPSA) is 114 Å². The number of rotatable bonds is 8. The van der Waals surface area contributed by atoms with E-state index in [9.17, 15) is 18.3 Å². The molecular weight excluding hydrogens is 587 g/mol. The van der Waals surface area contributed by atoms with Crippen molar-refractivity contribution in [3.8, 4) is 11.5 Å². The molecule has 1 atom stereocenters. The molecule has 1 fully saturated rings. The van der Waals surface area contributed by atoms with Crippen molar-refractivity contribution in [1.29, 1.82) is 0 Å². The summed E-state index contributed by atoms with van der Waals surface area (Å²) in [6.07, 6.45) is 3.83. The van der Waals surface area contributed by atoms with E-state index in [1.54, 1.807) is 46.1 Å². The van der Waals surface area contributed by atoms with E-state index in [1.807, 2.05) is 7.05 Å². The highest BCUT2D eigenvalue weighted by Crippen LogP contribution is 2.33. The zero-order chi connectivity index (χ0) is 29.1. The first kappa shape index (κ1) is 28.9. The molecule has 0 aliphatic carbocycles. The molecule has 1 aromatic heterocycles. The largest absolute Gasteiger partial charge is 0.456 e. The molecule has 0 spiro atoms. The number of imidazole rings is 1. The first-order chi connectivity index (χ1) is 19.6. The molecular formula is C29H28Cl2N4O5S. The molecule has 0 radical (unpaired) electrons. The number of hydrogen-bond donors (Lipinski definition) is 2. The number of amides is 1. The van der Waals surface area contributed by atoms with Crippen molar-refractivity contribution < 1.29 is 23.1 Å². The fourth-order valence-electron chi connectivity index (χ4n) is 4.79. The van der Waals surface area contributed by atoms with Crippen molar-refractivity contribution >= 4 is 44.8 Å². The summed E-state index contributed by atoms with van der Waals surface area (Å²) in [7, 11) is -2.22. The number of ether oxygens (including phenoxy) is 1. The van der Waals surface area contributed by atoms with Crippen LogP contribution in [0.1, 0.15) is 35.1 Å². The van der Waals surface area contributed by atoms with Crippen molar-refractivity contribution in [3.63, 3.8) is 0 Å². The molecule has 1 amide bonds. The maximum atomic E-state index is 13.5. The lowest BCUT2D eigenvalue weighted by molar-refractivity contribution is 0.0420. The fourth-order valence-corrected chi connectivity index (χ4v) is 6.22. The van der Waals surface area contributed by atoms with Crippen LogP contribution < -0.4 is 9.46 Å². The van der Waals surface area contributed by atoms with Crippen LogP contribution in [0.25, 0.3) is 0 Å². The van der Waals surface area contributed by atoms with E-state index in [0.29, 0.717) is 53.3 Å². The van der Waals surface area contributed by atoms with Crippen molar-refractivity contribution in [2.24, 2.45) is 13.0 Å². The average Bonchev–Trinajstić information content (AvgIpc) is 3.40. The summed E-state index contributed by atoms with van der Waals surface area (Å²) in [5, 5.41) is 11.5. The lowest BCUT2D eigenvalue weighted by Gasteiger charge is -2.34. The molecule has 1 saturated heterocycles. The second kappa shape index (κ2) is 12.1. The third kappa shape index (κ3) is 6.51. The van der Waals surface area contributed by atoms with E-state index >= 15 is 0 Å². The Kier molecular flexibility index (Phi) is 8.55. The number of carbonyl (C=O) groups excluding carboxylic acids is 1. The van der Waals surface area contributed by atoms with Gasteiger partial charge in [0.2, 0.25) is 0 Å². The maximum Gasteiger partial charge on any atom is 0.261 e. The molecule has 1 aliphatic rings.